The molecule has 1 aliphatic rings. The van der Waals surface area contributed by atoms with Crippen LogP contribution in [0, 0.1) is 12.7 Å². The molecule has 0 aliphatic carbocycles. The van der Waals surface area contributed by atoms with Crippen molar-refractivity contribution < 1.29 is 9.18 Å². The Hall–Kier alpha value is -2.01. The topological polar surface area (TPSA) is 32.3 Å². The van der Waals surface area contributed by atoms with Gasteiger partial charge >= 0.3 is 6.03 Å². The molecule has 2 aromatic carbocycles. The maximum atomic E-state index is 14.0. The van der Waals surface area contributed by atoms with Crippen LogP contribution in [0.5, 0.6) is 0 Å². The van der Waals surface area contributed by atoms with E-state index in [1.807, 2.05) is 31.2 Å². The molecule has 0 unspecified atom stereocenters. The van der Waals surface area contributed by atoms with Gasteiger partial charge in [-0.25, -0.2) is 9.18 Å². The molecule has 0 radical (unpaired) electrons. The van der Waals surface area contributed by atoms with E-state index in [9.17, 15) is 9.18 Å². The van der Waals surface area contributed by atoms with Crippen molar-refractivity contribution in [3.8, 4) is 0 Å². The van der Waals surface area contributed by atoms with E-state index in [1.165, 1.54) is 6.07 Å². The number of carbonyl (C=O) groups is 1. The molecule has 1 fully saturated rings. The van der Waals surface area contributed by atoms with Gasteiger partial charge in [-0.05, 0) is 24.6 Å². The third kappa shape index (κ3) is 2.95. The van der Waals surface area contributed by atoms with Crippen LogP contribution in [0.25, 0.3) is 0 Å². The normalized spacial score (nSPS) is 17.5. The van der Waals surface area contributed by atoms with Crippen LogP contribution in [0.3, 0.4) is 0 Å². The zero-order valence-electron chi connectivity index (χ0n) is 12.3. The van der Waals surface area contributed by atoms with Crippen LogP contribution in [0.15, 0.2) is 48.5 Å². The Labute approximate surface area is 133 Å². The summed E-state index contributed by atoms with van der Waals surface area (Å²) in [6.45, 7) is 2.56. The fourth-order valence-corrected chi connectivity index (χ4v) is 3.79. The first-order chi connectivity index (χ1) is 10.7. The number of hydrogen-bond donors (Lipinski definition) is 1. The van der Waals surface area contributed by atoms with Crippen molar-refractivity contribution in [2.75, 3.05) is 17.6 Å². The number of amides is 2. The maximum Gasteiger partial charge on any atom is 0.323 e. The van der Waals surface area contributed by atoms with Gasteiger partial charge in [-0.2, -0.15) is 0 Å². The standard InChI is InChI=1S/C17H17FN2OS/c1-12-6-2-5-9-15(12)19-17(21)20-10-11-22-16(20)13-7-3-4-8-14(13)18/h2-9,16H,10-11H2,1H3,(H,19,21)/t16-/m1/s1. The molecule has 2 aromatic rings. The van der Waals surface area contributed by atoms with Crippen LogP contribution in [0.4, 0.5) is 14.9 Å². The molecule has 1 atom stereocenters. The Bertz CT molecular complexity index is 692. The lowest BCUT2D eigenvalue weighted by molar-refractivity contribution is 0.213. The van der Waals surface area contributed by atoms with E-state index in [4.69, 9.17) is 0 Å². The molecule has 5 heteroatoms. The van der Waals surface area contributed by atoms with E-state index in [1.54, 1.807) is 34.9 Å². The van der Waals surface area contributed by atoms with Crippen molar-refractivity contribution in [3.05, 3.63) is 65.5 Å². The van der Waals surface area contributed by atoms with Crippen LogP contribution in [0.1, 0.15) is 16.5 Å². The summed E-state index contributed by atoms with van der Waals surface area (Å²) in [5, 5.41) is 2.65. The summed E-state index contributed by atoms with van der Waals surface area (Å²) < 4.78 is 14.0. The summed E-state index contributed by atoms with van der Waals surface area (Å²) in [4.78, 5) is 14.2. The number of para-hydroxylation sites is 1. The fraction of sp³-hybridized carbons (Fsp3) is 0.235. The smallest absolute Gasteiger partial charge is 0.308 e. The van der Waals surface area contributed by atoms with Crippen molar-refractivity contribution in [2.24, 2.45) is 0 Å². The zero-order chi connectivity index (χ0) is 15.5. The largest absolute Gasteiger partial charge is 0.323 e. The summed E-state index contributed by atoms with van der Waals surface area (Å²) >= 11 is 1.59. The molecule has 0 aromatic heterocycles. The molecule has 2 amide bonds. The van der Waals surface area contributed by atoms with Crippen LogP contribution in [-0.2, 0) is 0 Å². The number of carbonyl (C=O) groups excluding carboxylic acids is 1. The highest BCUT2D eigenvalue weighted by Crippen LogP contribution is 2.39. The molecular weight excluding hydrogens is 299 g/mol. The van der Waals surface area contributed by atoms with Gasteiger partial charge in [-0.1, -0.05) is 36.4 Å². The highest BCUT2D eigenvalue weighted by atomic mass is 32.2. The Balaban J connectivity index is 1.80. The highest BCUT2D eigenvalue weighted by molar-refractivity contribution is 7.99. The number of nitrogens with zero attached hydrogens (tertiary/aromatic N) is 1. The molecular formula is C17H17FN2OS. The first-order valence-electron chi connectivity index (χ1n) is 7.16. The van der Waals surface area contributed by atoms with E-state index >= 15 is 0 Å². The lowest BCUT2D eigenvalue weighted by Crippen LogP contribution is -2.34. The maximum absolute atomic E-state index is 14.0. The second kappa shape index (κ2) is 6.40. The first kappa shape index (κ1) is 14.9. The molecule has 1 saturated heterocycles. The van der Waals surface area contributed by atoms with Gasteiger partial charge in [-0.3, -0.25) is 0 Å². The molecule has 3 nitrogen and oxygen atoms in total. The van der Waals surface area contributed by atoms with Crippen molar-refractivity contribution in [2.45, 2.75) is 12.3 Å². The minimum Gasteiger partial charge on any atom is -0.308 e. The summed E-state index contributed by atoms with van der Waals surface area (Å²) in [6.07, 6.45) is 0. The van der Waals surface area contributed by atoms with E-state index < -0.39 is 0 Å². The van der Waals surface area contributed by atoms with E-state index in [0.29, 0.717) is 12.1 Å². The van der Waals surface area contributed by atoms with Crippen molar-refractivity contribution in [1.82, 2.24) is 4.90 Å². The van der Waals surface area contributed by atoms with Crippen LogP contribution < -0.4 is 5.32 Å². The molecule has 1 aliphatic heterocycles. The molecule has 0 saturated carbocycles. The summed E-state index contributed by atoms with van der Waals surface area (Å²) in [6, 6.07) is 14.1. The predicted molar refractivity (Wildman–Crippen MR) is 88.5 cm³/mol. The lowest BCUT2D eigenvalue weighted by Gasteiger charge is -2.25. The second-order valence-corrected chi connectivity index (χ2v) is 6.37. The average molecular weight is 316 g/mol. The average Bonchev–Trinajstić information content (AvgIpc) is 2.99. The van der Waals surface area contributed by atoms with Gasteiger partial charge in [0.1, 0.15) is 11.2 Å². The SMILES string of the molecule is Cc1ccccc1NC(=O)N1CCS[C@@H]1c1ccccc1F. The molecule has 3 rings (SSSR count). The number of hydrogen-bond acceptors (Lipinski definition) is 2. The Morgan fingerprint density at radius 3 is 2.73 bits per heavy atom. The van der Waals surface area contributed by atoms with Crippen LogP contribution in [-0.4, -0.2) is 23.2 Å². The van der Waals surface area contributed by atoms with Crippen molar-refractivity contribution in [1.29, 1.82) is 0 Å². The van der Waals surface area contributed by atoms with Gasteiger partial charge in [0.2, 0.25) is 0 Å². The number of halogens is 1. The monoisotopic (exact) mass is 316 g/mol. The molecule has 22 heavy (non-hydrogen) atoms. The van der Waals surface area contributed by atoms with Crippen molar-refractivity contribution >= 4 is 23.5 Å². The number of thioether (sulfide) groups is 1. The summed E-state index contributed by atoms with van der Waals surface area (Å²) in [5.74, 6) is 0.538. The van der Waals surface area contributed by atoms with Crippen LogP contribution in [0.2, 0.25) is 0 Å². The van der Waals surface area contributed by atoms with Crippen molar-refractivity contribution in [3.63, 3.8) is 0 Å². The van der Waals surface area contributed by atoms with Crippen LogP contribution >= 0.6 is 11.8 Å². The number of anilines is 1. The Kier molecular flexibility index (Phi) is 4.34. The van der Waals surface area contributed by atoms with Gasteiger partial charge in [0.25, 0.3) is 0 Å². The fourth-order valence-electron chi connectivity index (χ4n) is 2.51. The zero-order valence-corrected chi connectivity index (χ0v) is 13.1. The Morgan fingerprint density at radius 2 is 1.95 bits per heavy atom. The van der Waals surface area contributed by atoms with E-state index in [2.05, 4.69) is 5.32 Å². The summed E-state index contributed by atoms with van der Waals surface area (Å²) in [7, 11) is 0. The third-order valence-electron chi connectivity index (χ3n) is 3.71. The van der Waals surface area contributed by atoms with Gasteiger partial charge in [-0.15, -0.1) is 11.8 Å². The lowest BCUT2D eigenvalue weighted by atomic mass is 10.2. The first-order valence-corrected chi connectivity index (χ1v) is 8.21. The number of nitrogens with one attached hydrogen (secondary N) is 1. The quantitative estimate of drug-likeness (QED) is 0.890. The van der Waals surface area contributed by atoms with Gasteiger partial charge in [0.15, 0.2) is 0 Å². The third-order valence-corrected chi connectivity index (χ3v) is 4.95. The van der Waals surface area contributed by atoms with E-state index in [0.717, 1.165) is 17.0 Å². The molecule has 0 spiro atoms. The number of urea groups is 1. The minimum absolute atomic E-state index is 0.187. The molecule has 114 valence electrons. The number of rotatable bonds is 2. The number of aryl methyl sites for hydroxylation is 1. The number of benzene rings is 2. The Morgan fingerprint density at radius 1 is 1.23 bits per heavy atom. The molecule has 1 N–H and O–H groups in total. The van der Waals surface area contributed by atoms with Gasteiger partial charge in [0, 0.05) is 23.5 Å². The van der Waals surface area contributed by atoms with Gasteiger partial charge < -0.3 is 10.2 Å². The second-order valence-electron chi connectivity index (χ2n) is 5.18. The van der Waals surface area contributed by atoms with E-state index in [-0.39, 0.29) is 17.2 Å². The predicted octanol–water partition coefficient (Wildman–Crippen LogP) is 4.41. The summed E-state index contributed by atoms with van der Waals surface area (Å²) in [5.41, 5.74) is 2.35. The molecule has 1 heterocycles. The highest BCUT2D eigenvalue weighted by Gasteiger charge is 2.32. The molecule has 0 bridgehead atoms. The van der Waals surface area contributed by atoms with Gasteiger partial charge in [0.05, 0.1) is 0 Å². The minimum atomic E-state index is -0.273.